The average Bonchev–Trinajstić information content (AvgIpc) is 2.95. The van der Waals surface area contributed by atoms with Gasteiger partial charge in [0.15, 0.2) is 0 Å². The second-order valence-electron chi connectivity index (χ2n) is 12.5. The number of carboxylic acids is 2. The SMILES string of the molecule is CCCCCCCCCCCCC(O)CCCCC(=O)[O-].CCCCCCCCCCCCC(O)CCCCC(=O)[O-].[Mg+2]. The van der Waals surface area contributed by atoms with E-state index in [0.29, 0.717) is 12.8 Å². The summed E-state index contributed by atoms with van der Waals surface area (Å²) in [6.45, 7) is 4.50. The van der Waals surface area contributed by atoms with Crippen LogP contribution in [0, 0.1) is 0 Å². The van der Waals surface area contributed by atoms with E-state index < -0.39 is 11.9 Å². The van der Waals surface area contributed by atoms with Crippen LogP contribution in [-0.2, 0) is 9.59 Å². The fourth-order valence-electron chi connectivity index (χ4n) is 5.32. The molecule has 0 rings (SSSR count). The number of unbranched alkanes of at least 4 members (excludes halogenated alkanes) is 20. The van der Waals surface area contributed by atoms with Crippen LogP contribution in [0.25, 0.3) is 0 Å². The summed E-state index contributed by atoms with van der Waals surface area (Å²) in [6, 6.07) is 0. The van der Waals surface area contributed by atoms with Crippen molar-refractivity contribution in [2.45, 2.75) is 219 Å². The van der Waals surface area contributed by atoms with Gasteiger partial charge in [-0.15, -0.1) is 0 Å². The van der Waals surface area contributed by atoms with E-state index in [1.807, 2.05) is 0 Å². The fourth-order valence-corrected chi connectivity index (χ4v) is 5.32. The molecule has 0 bridgehead atoms. The van der Waals surface area contributed by atoms with Crippen molar-refractivity contribution >= 4 is 35.0 Å². The molecule has 2 unspecified atom stereocenters. The third-order valence-corrected chi connectivity index (χ3v) is 8.12. The largest absolute Gasteiger partial charge is 2.00 e. The van der Waals surface area contributed by atoms with Gasteiger partial charge in [0.1, 0.15) is 0 Å². The number of carbonyl (C=O) groups is 2. The van der Waals surface area contributed by atoms with Gasteiger partial charge >= 0.3 is 23.1 Å². The van der Waals surface area contributed by atoms with E-state index in [9.17, 15) is 30.0 Å². The van der Waals surface area contributed by atoms with Crippen LogP contribution in [0.15, 0.2) is 0 Å². The van der Waals surface area contributed by atoms with Crippen LogP contribution in [0.3, 0.4) is 0 Å². The number of rotatable bonds is 32. The summed E-state index contributed by atoms with van der Waals surface area (Å²) in [6.07, 6.45) is 32.0. The summed E-state index contributed by atoms with van der Waals surface area (Å²) in [7, 11) is 0. The van der Waals surface area contributed by atoms with Gasteiger partial charge in [-0.3, -0.25) is 0 Å². The molecule has 0 aliphatic heterocycles. The maximum atomic E-state index is 10.2. The summed E-state index contributed by atoms with van der Waals surface area (Å²) >= 11 is 0. The first-order chi connectivity index (χ1) is 20.3. The Morgan fingerprint density at radius 1 is 0.419 bits per heavy atom. The maximum Gasteiger partial charge on any atom is 2.00 e. The summed E-state index contributed by atoms with van der Waals surface area (Å²) in [5, 5.41) is 40.0. The second kappa shape index (κ2) is 39.7. The Hall–Kier alpha value is -0.374. The van der Waals surface area contributed by atoms with E-state index in [1.165, 1.54) is 116 Å². The molecule has 0 aromatic carbocycles. The van der Waals surface area contributed by atoms with Crippen LogP contribution in [0.4, 0.5) is 0 Å². The van der Waals surface area contributed by atoms with Gasteiger partial charge in [0.25, 0.3) is 0 Å². The van der Waals surface area contributed by atoms with Crippen molar-refractivity contribution in [3.63, 3.8) is 0 Å². The summed E-state index contributed by atoms with van der Waals surface area (Å²) < 4.78 is 0. The smallest absolute Gasteiger partial charge is 0.550 e. The maximum absolute atomic E-state index is 10.2. The van der Waals surface area contributed by atoms with Gasteiger partial charge in [0, 0.05) is 11.9 Å². The first kappa shape index (κ1) is 47.0. The number of hydrogen-bond acceptors (Lipinski definition) is 6. The third kappa shape index (κ3) is 46.2. The zero-order valence-corrected chi connectivity index (χ0v) is 30.0. The van der Waals surface area contributed by atoms with E-state index in [4.69, 9.17) is 0 Å². The molecule has 2 atom stereocenters. The van der Waals surface area contributed by atoms with Gasteiger partial charge in [0.2, 0.25) is 0 Å². The van der Waals surface area contributed by atoms with E-state index in [0.717, 1.165) is 51.4 Å². The van der Waals surface area contributed by atoms with Crippen LogP contribution in [0.1, 0.15) is 206 Å². The van der Waals surface area contributed by atoms with Crippen molar-refractivity contribution in [3.8, 4) is 0 Å². The molecule has 0 saturated heterocycles. The normalized spacial score (nSPS) is 12.2. The quantitative estimate of drug-likeness (QED) is 0.0590. The molecule has 0 aromatic heterocycles. The van der Waals surface area contributed by atoms with E-state index >= 15 is 0 Å². The Labute approximate surface area is 282 Å². The first-order valence-corrected chi connectivity index (χ1v) is 18.1. The Morgan fingerprint density at radius 2 is 0.628 bits per heavy atom. The molecule has 0 aliphatic rings. The minimum Gasteiger partial charge on any atom is -0.550 e. The average molecular weight is 623 g/mol. The second-order valence-corrected chi connectivity index (χ2v) is 12.5. The molecule has 252 valence electrons. The Morgan fingerprint density at radius 3 is 0.860 bits per heavy atom. The van der Waals surface area contributed by atoms with E-state index in [-0.39, 0.29) is 48.1 Å². The number of carbonyl (C=O) groups excluding carboxylic acids is 2. The number of aliphatic hydroxyl groups excluding tert-OH is 2. The van der Waals surface area contributed by atoms with Gasteiger partial charge < -0.3 is 30.0 Å². The van der Waals surface area contributed by atoms with Crippen LogP contribution in [-0.4, -0.2) is 57.4 Å². The molecule has 43 heavy (non-hydrogen) atoms. The van der Waals surface area contributed by atoms with Crippen LogP contribution >= 0.6 is 0 Å². The van der Waals surface area contributed by atoms with Gasteiger partial charge in [-0.1, -0.05) is 155 Å². The molecule has 0 saturated carbocycles. The molecule has 0 fully saturated rings. The summed E-state index contributed by atoms with van der Waals surface area (Å²) in [5.74, 6) is -1.97. The molecular formula is C36H70MgO6. The van der Waals surface area contributed by atoms with Crippen molar-refractivity contribution in [3.05, 3.63) is 0 Å². The molecule has 0 aromatic rings. The van der Waals surface area contributed by atoms with Crippen molar-refractivity contribution < 1.29 is 30.0 Å². The molecule has 2 N–H and O–H groups in total. The predicted octanol–water partition coefficient (Wildman–Crippen LogP) is 7.56. The third-order valence-electron chi connectivity index (χ3n) is 8.12. The molecule has 0 aliphatic carbocycles. The van der Waals surface area contributed by atoms with E-state index in [1.54, 1.807) is 0 Å². The first-order valence-electron chi connectivity index (χ1n) is 18.1. The number of hydrogen-bond donors (Lipinski definition) is 2. The molecule has 6 nitrogen and oxygen atoms in total. The monoisotopic (exact) mass is 623 g/mol. The molecule has 0 radical (unpaired) electrons. The predicted molar refractivity (Wildman–Crippen MR) is 178 cm³/mol. The van der Waals surface area contributed by atoms with Crippen LogP contribution < -0.4 is 10.2 Å². The topological polar surface area (TPSA) is 121 Å². The molecular weight excluding hydrogens is 553 g/mol. The minimum atomic E-state index is -0.987. The number of carboxylic acid groups (broad SMARTS) is 2. The van der Waals surface area contributed by atoms with Gasteiger partial charge in [-0.2, -0.15) is 0 Å². The van der Waals surface area contributed by atoms with Crippen molar-refractivity contribution in [2.24, 2.45) is 0 Å². The van der Waals surface area contributed by atoms with E-state index in [2.05, 4.69) is 13.8 Å². The number of aliphatic hydroxyl groups is 2. The Kier molecular flexibility index (Phi) is 43.4. The van der Waals surface area contributed by atoms with Crippen molar-refractivity contribution in [2.75, 3.05) is 0 Å². The standard InChI is InChI=1S/2C18H36O3.Mg/c2*1-2-3-4-5-6-7-8-9-10-11-14-17(19)15-12-13-16-18(20)21;/h2*17,19H,2-16H2,1H3,(H,20,21);/q;;+2/p-2. The van der Waals surface area contributed by atoms with Crippen LogP contribution in [0.5, 0.6) is 0 Å². The Balaban J connectivity index is -0.000000727. The zero-order chi connectivity index (χ0) is 31.5. The van der Waals surface area contributed by atoms with Gasteiger partial charge in [0.05, 0.1) is 12.2 Å². The summed E-state index contributed by atoms with van der Waals surface area (Å²) in [4.78, 5) is 20.5. The molecule has 7 heteroatoms. The minimum absolute atomic E-state index is 0. The molecule has 0 heterocycles. The van der Waals surface area contributed by atoms with Crippen molar-refractivity contribution in [1.29, 1.82) is 0 Å². The van der Waals surface area contributed by atoms with Crippen LogP contribution in [0.2, 0.25) is 0 Å². The number of aliphatic carboxylic acids is 2. The van der Waals surface area contributed by atoms with Gasteiger partial charge in [-0.05, 0) is 51.4 Å². The Bertz CT molecular complexity index is 512. The molecule has 0 amide bonds. The zero-order valence-electron chi connectivity index (χ0n) is 28.6. The molecule has 0 spiro atoms. The fraction of sp³-hybridized carbons (Fsp3) is 0.944. The van der Waals surface area contributed by atoms with Crippen molar-refractivity contribution in [1.82, 2.24) is 0 Å². The van der Waals surface area contributed by atoms with Gasteiger partial charge in [-0.25, -0.2) is 0 Å². The summed E-state index contributed by atoms with van der Waals surface area (Å²) in [5.41, 5.74) is 0.